The molecule has 0 heterocycles. The van der Waals surface area contributed by atoms with E-state index in [0.717, 1.165) is 4.90 Å². The lowest BCUT2D eigenvalue weighted by Gasteiger charge is -2.07. The number of amides is 1. The molecular formula is C18H19ClN2O5S2. The van der Waals surface area contributed by atoms with Gasteiger partial charge in [-0.2, -0.15) is 0 Å². The van der Waals surface area contributed by atoms with Gasteiger partial charge >= 0.3 is 5.97 Å². The molecule has 0 bridgehead atoms. The van der Waals surface area contributed by atoms with Crippen LogP contribution in [-0.4, -0.2) is 32.7 Å². The first kappa shape index (κ1) is 22.2. The van der Waals surface area contributed by atoms with Crippen LogP contribution in [0.1, 0.15) is 12.0 Å². The van der Waals surface area contributed by atoms with Crippen molar-refractivity contribution in [2.45, 2.75) is 22.8 Å². The van der Waals surface area contributed by atoms with Gasteiger partial charge in [-0.15, -0.1) is 11.8 Å². The molecule has 0 aromatic heterocycles. The smallest absolute Gasteiger partial charge is 0.307 e. The normalized spacial score (nSPS) is 11.1. The fourth-order valence-corrected chi connectivity index (χ4v) is 3.76. The lowest BCUT2D eigenvalue weighted by Crippen LogP contribution is -2.28. The number of nitrogens with two attached hydrogens (primary N) is 1. The van der Waals surface area contributed by atoms with Gasteiger partial charge < -0.3 is 10.1 Å². The Bertz CT molecular complexity index is 933. The second kappa shape index (κ2) is 10.5. The van der Waals surface area contributed by atoms with Crippen molar-refractivity contribution in [1.82, 2.24) is 5.32 Å². The zero-order valence-electron chi connectivity index (χ0n) is 14.8. The van der Waals surface area contributed by atoms with Gasteiger partial charge in [-0.1, -0.05) is 35.9 Å². The van der Waals surface area contributed by atoms with Crippen molar-refractivity contribution in [3.8, 4) is 0 Å². The molecule has 2 aromatic rings. The van der Waals surface area contributed by atoms with Gasteiger partial charge in [0.1, 0.15) is 0 Å². The molecule has 10 heteroatoms. The number of thioether (sulfide) groups is 1. The Labute approximate surface area is 172 Å². The molecule has 0 fully saturated rings. The fraction of sp³-hybridized carbons (Fsp3) is 0.222. The summed E-state index contributed by atoms with van der Waals surface area (Å²) in [7, 11) is -3.75. The van der Waals surface area contributed by atoms with Crippen molar-refractivity contribution in [3.05, 3.63) is 59.1 Å². The third-order valence-corrected chi connectivity index (χ3v) is 5.95. The number of halogens is 1. The summed E-state index contributed by atoms with van der Waals surface area (Å²) in [4.78, 5) is 24.3. The summed E-state index contributed by atoms with van der Waals surface area (Å²) in [5, 5.41) is 8.22. The minimum Gasteiger partial charge on any atom is -0.456 e. The Morgan fingerprint density at radius 3 is 2.43 bits per heavy atom. The maximum Gasteiger partial charge on any atom is 0.307 e. The standard InChI is InChI=1S/C18H19ClN2O5S2/c19-15-3-1-2-4-16(15)27-10-9-18(23)26-12-17(22)21-11-13-5-7-14(8-6-13)28(20,24)25/h1-8H,9-12H2,(H,21,22)(H2,20,24,25). The van der Waals surface area contributed by atoms with E-state index in [9.17, 15) is 18.0 Å². The average molecular weight is 443 g/mol. The Kier molecular flexibility index (Phi) is 8.31. The maximum atomic E-state index is 11.8. The molecule has 0 aliphatic rings. The quantitative estimate of drug-likeness (QED) is 0.455. The molecule has 2 aromatic carbocycles. The summed E-state index contributed by atoms with van der Waals surface area (Å²) in [6.45, 7) is -0.214. The highest BCUT2D eigenvalue weighted by Crippen LogP contribution is 2.26. The minimum absolute atomic E-state index is 0.00818. The van der Waals surface area contributed by atoms with Crippen molar-refractivity contribution in [3.63, 3.8) is 0 Å². The molecule has 1 amide bonds. The van der Waals surface area contributed by atoms with Crippen molar-refractivity contribution in [1.29, 1.82) is 0 Å². The molecule has 0 spiro atoms. The van der Waals surface area contributed by atoms with Gasteiger partial charge in [-0.25, -0.2) is 13.6 Å². The zero-order chi connectivity index (χ0) is 20.6. The van der Waals surface area contributed by atoms with Gasteiger partial charge in [0.2, 0.25) is 10.0 Å². The molecule has 0 aliphatic carbocycles. The Morgan fingerprint density at radius 2 is 1.79 bits per heavy atom. The van der Waals surface area contributed by atoms with Crippen LogP contribution in [0.4, 0.5) is 0 Å². The lowest BCUT2D eigenvalue weighted by atomic mass is 10.2. The SMILES string of the molecule is NS(=O)(=O)c1ccc(CNC(=O)COC(=O)CCSc2ccccc2Cl)cc1. The van der Waals surface area contributed by atoms with Crippen LogP contribution in [0.5, 0.6) is 0 Å². The molecule has 150 valence electrons. The van der Waals surface area contributed by atoms with Crippen LogP contribution >= 0.6 is 23.4 Å². The molecule has 0 radical (unpaired) electrons. The Hall–Kier alpha value is -2.07. The molecule has 0 saturated carbocycles. The molecule has 0 saturated heterocycles. The van der Waals surface area contributed by atoms with Crippen LogP contribution < -0.4 is 10.5 Å². The van der Waals surface area contributed by atoms with E-state index in [4.69, 9.17) is 21.5 Å². The summed E-state index contributed by atoms with van der Waals surface area (Å²) in [5.74, 6) is -0.449. The third-order valence-electron chi connectivity index (χ3n) is 3.51. The second-order valence-electron chi connectivity index (χ2n) is 5.66. The van der Waals surface area contributed by atoms with E-state index >= 15 is 0 Å². The minimum atomic E-state index is -3.75. The van der Waals surface area contributed by atoms with E-state index in [-0.39, 0.29) is 24.5 Å². The van der Waals surface area contributed by atoms with Gasteiger partial charge in [-0.05, 0) is 29.8 Å². The Balaban J connectivity index is 1.66. The zero-order valence-corrected chi connectivity index (χ0v) is 17.1. The topological polar surface area (TPSA) is 116 Å². The van der Waals surface area contributed by atoms with Gasteiger partial charge in [0.25, 0.3) is 5.91 Å². The first-order valence-electron chi connectivity index (χ1n) is 8.17. The molecular weight excluding hydrogens is 424 g/mol. The third kappa shape index (κ3) is 7.51. The van der Waals surface area contributed by atoms with Gasteiger partial charge in [0, 0.05) is 17.2 Å². The van der Waals surface area contributed by atoms with Crippen molar-refractivity contribution in [2.75, 3.05) is 12.4 Å². The number of hydrogen-bond acceptors (Lipinski definition) is 6. The summed E-state index contributed by atoms with van der Waals surface area (Å²) >= 11 is 7.47. The maximum absolute atomic E-state index is 11.8. The molecule has 0 aliphatic heterocycles. The molecule has 7 nitrogen and oxygen atoms in total. The molecule has 0 atom stereocenters. The highest BCUT2D eigenvalue weighted by Gasteiger charge is 2.10. The summed E-state index contributed by atoms with van der Waals surface area (Å²) in [6.07, 6.45) is 0.151. The van der Waals surface area contributed by atoms with Crippen molar-refractivity contribution < 1.29 is 22.7 Å². The second-order valence-corrected chi connectivity index (χ2v) is 8.76. The van der Waals surface area contributed by atoms with Gasteiger partial charge in [0.15, 0.2) is 6.61 Å². The molecule has 28 heavy (non-hydrogen) atoms. The van der Waals surface area contributed by atoms with Crippen LogP contribution in [0, 0.1) is 0 Å². The number of ether oxygens (including phenoxy) is 1. The number of carbonyl (C=O) groups excluding carboxylic acids is 2. The van der Waals surface area contributed by atoms with Crippen LogP contribution in [-0.2, 0) is 30.9 Å². The van der Waals surface area contributed by atoms with E-state index in [0.29, 0.717) is 16.3 Å². The van der Waals surface area contributed by atoms with Crippen molar-refractivity contribution in [2.24, 2.45) is 5.14 Å². The van der Waals surface area contributed by atoms with Crippen LogP contribution in [0.3, 0.4) is 0 Å². The number of carbonyl (C=O) groups is 2. The summed E-state index contributed by atoms with van der Waals surface area (Å²) in [5.41, 5.74) is 0.684. The van der Waals surface area contributed by atoms with Crippen LogP contribution in [0.25, 0.3) is 0 Å². The van der Waals surface area contributed by atoms with E-state index < -0.39 is 21.9 Å². The lowest BCUT2D eigenvalue weighted by molar-refractivity contribution is -0.148. The molecule has 0 unspecified atom stereocenters. The fourth-order valence-electron chi connectivity index (χ4n) is 2.07. The first-order chi connectivity index (χ1) is 13.3. The number of rotatable bonds is 9. The number of benzene rings is 2. The number of sulfonamides is 1. The average Bonchev–Trinajstić information content (AvgIpc) is 2.66. The van der Waals surface area contributed by atoms with Crippen LogP contribution in [0.2, 0.25) is 5.02 Å². The van der Waals surface area contributed by atoms with Crippen molar-refractivity contribution >= 4 is 45.3 Å². The highest BCUT2D eigenvalue weighted by molar-refractivity contribution is 7.99. The number of esters is 1. The predicted molar refractivity (Wildman–Crippen MR) is 107 cm³/mol. The number of primary sulfonamides is 1. The number of hydrogen-bond donors (Lipinski definition) is 2. The van der Waals surface area contributed by atoms with E-state index in [1.54, 1.807) is 6.07 Å². The Morgan fingerprint density at radius 1 is 1.11 bits per heavy atom. The van der Waals surface area contributed by atoms with E-state index in [1.807, 2.05) is 18.2 Å². The van der Waals surface area contributed by atoms with E-state index in [2.05, 4.69) is 5.32 Å². The van der Waals surface area contributed by atoms with Gasteiger partial charge in [0.05, 0.1) is 16.3 Å². The monoisotopic (exact) mass is 442 g/mol. The summed E-state index contributed by atoms with van der Waals surface area (Å²) in [6, 6.07) is 13.1. The predicted octanol–water partition coefficient (Wildman–Crippen LogP) is 2.33. The molecule has 3 N–H and O–H groups in total. The van der Waals surface area contributed by atoms with E-state index in [1.165, 1.54) is 36.0 Å². The summed E-state index contributed by atoms with van der Waals surface area (Å²) < 4.78 is 27.3. The first-order valence-corrected chi connectivity index (χ1v) is 11.1. The highest BCUT2D eigenvalue weighted by atomic mass is 35.5. The number of nitrogens with one attached hydrogen (secondary N) is 1. The van der Waals surface area contributed by atoms with Gasteiger partial charge in [-0.3, -0.25) is 9.59 Å². The molecule has 2 rings (SSSR count). The van der Waals surface area contributed by atoms with Crippen LogP contribution in [0.15, 0.2) is 58.3 Å². The largest absolute Gasteiger partial charge is 0.456 e.